The standard InChI is InChI=1S/C13H15ClFNO3/c14-9-2-1-3-10(15)12(9)13(19)16-8-4-7(6-17)11(18)5-8/h1-3,7-8,11,17-18H,4-6H2,(H,16,19). The van der Waals surface area contributed by atoms with E-state index in [1.807, 2.05) is 0 Å². The van der Waals surface area contributed by atoms with Gasteiger partial charge < -0.3 is 15.5 Å². The highest BCUT2D eigenvalue weighted by molar-refractivity contribution is 6.33. The molecule has 6 heteroatoms. The van der Waals surface area contributed by atoms with Gasteiger partial charge in [0.15, 0.2) is 0 Å². The lowest BCUT2D eigenvalue weighted by atomic mass is 10.1. The number of nitrogens with one attached hydrogen (secondary N) is 1. The molecule has 1 aliphatic rings. The summed E-state index contributed by atoms with van der Waals surface area (Å²) in [6.45, 7) is -0.131. The number of carbonyl (C=O) groups is 1. The summed E-state index contributed by atoms with van der Waals surface area (Å²) in [6, 6.07) is 3.76. The average molecular weight is 288 g/mol. The van der Waals surface area contributed by atoms with Crippen molar-refractivity contribution in [3.05, 3.63) is 34.6 Å². The van der Waals surface area contributed by atoms with Crippen LogP contribution in [0.3, 0.4) is 0 Å². The minimum atomic E-state index is -0.678. The number of aliphatic hydroxyl groups excluding tert-OH is 2. The molecule has 0 saturated heterocycles. The lowest BCUT2D eigenvalue weighted by Gasteiger charge is -2.13. The maximum Gasteiger partial charge on any atom is 0.255 e. The summed E-state index contributed by atoms with van der Waals surface area (Å²) in [7, 11) is 0. The highest BCUT2D eigenvalue weighted by atomic mass is 35.5. The molecule has 0 bridgehead atoms. The van der Waals surface area contributed by atoms with Gasteiger partial charge in [0, 0.05) is 18.6 Å². The molecule has 0 radical (unpaired) electrons. The van der Waals surface area contributed by atoms with Gasteiger partial charge in [-0.15, -0.1) is 0 Å². The summed E-state index contributed by atoms with van der Waals surface area (Å²) in [6.07, 6.45) is 0.171. The van der Waals surface area contributed by atoms with Gasteiger partial charge in [0.25, 0.3) is 5.91 Å². The van der Waals surface area contributed by atoms with E-state index < -0.39 is 17.8 Å². The van der Waals surface area contributed by atoms with Crippen molar-refractivity contribution in [3.63, 3.8) is 0 Å². The summed E-state index contributed by atoms with van der Waals surface area (Å²) >= 11 is 5.80. The Hall–Kier alpha value is -1.17. The molecule has 1 amide bonds. The Morgan fingerprint density at radius 3 is 2.79 bits per heavy atom. The van der Waals surface area contributed by atoms with Gasteiger partial charge in [0.2, 0.25) is 0 Å². The van der Waals surface area contributed by atoms with Crippen LogP contribution in [0.25, 0.3) is 0 Å². The zero-order valence-electron chi connectivity index (χ0n) is 10.1. The summed E-state index contributed by atoms with van der Waals surface area (Å²) in [5, 5.41) is 21.4. The molecular formula is C13H15ClFNO3. The molecule has 0 aliphatic heterocycles. The van der Waals surface area contributed by atoms with Crippen molar-refractivity contribution >= 4 is 17.5 Å². The molecule has 2 rings (SSSR count). The van der Waals surface area contributed by atoms with Crippen LogP contribution in [0.15, 0.2) is 18.2 Å². The minimum Gasteiger partial charge on any atom is -0.396 e. The molecule has 3 N–H and O–H groups in total. The van der Waals surface area contributed by atoms with Crippen molar-refractivity contribution in [1.29, 1.82) is 0 Å². The van der Waals surface area contributed by atoms with Crippen LogP contribution in [0.4, 0.5) is 4.39 Å². The highest BCUT2D eigenvalue weighted by Gasteiger charge is 2.33. The molecule has 1 aliphatic carbocycles. The van der Waals surface area contributed by atoms with E-state index in [4.69, 9.17) is 16.7 Å². The normalized spacial score (nSPS) is 26.4. The highest BCUT2D eigenvalue weighted by Crippen LogP contribution is 2.26. The Kier molecular flexibility index (Phi) is 4.39. The monoisotopic (exact) mass is 287 g/mol. The number of hydrogen-bond acceptors (Lipinski definition) is 3. The topological polar surface area (TPSA) is 69.6 Å². The molecule has 0 spiro atoms. The van der Waals surface area contributed by atoms with Crippen LogP contribution in [0, 0.1) is 11.7 Å². The first-order chi connectivity index (χ1) is 9.02. The van der Waals surface area contributed by atoms with Crippen molar-refractivity contribution in [3.8, 4) is 0 Å². The van der Waals surface area contributed by atoms with E-state index in [2.05, 4.69) is 5.32 Å². The predicted octanol–water partition coefficient (Wildman–Crippen LogP) is 1.34. The average Bonchev–Trinajstić information content (AvgIpc) is 2.69. The van der Waals surface area contributed by atoms with Crippen LogP contribution in [0.1, 0.15) is 23.2 Å². The molecule has 3 unspecified atom stereocenters. The third kappa shape index (κ3) is 3.05. The van der Waals surface area contributed by atoms with E-state index in [1.54, 1.807) is 0 Å². The first-order valence-corrected chi connectivity index (χ1v) is 6.44. The van der Waals surface area contributed by atoms with Gasteiger partial charge >= 0.3 is 0 Å². The molecule has 104 valence electrons. The summed E-state index contributed by atoms with van der Waals surface area (Å²) in [5.41, 5.74) is -0.189. The van der Waals surface area contributed by atoms with Gasteiger partial charge in [-0.2, -0.15) is 0 Å². The van der Waals surface area contributed by atoms with E-state index in [-0.39, 0.29) is 29.2 Å². The van der Waals surface area contributed by atoms with Crippen molar-refractivity contribution in [1.82, 2.24) is 5.32 Å². The largest absolute Gasteiger partial charge is 0.396 e. The van der Waals surface area contributed by atoms with Gasteiger partial charge in [-0.3, -0.25) is 4.79 Å². The molecular weight excluding hydrogens is 273 g/mol. The molecule has 4 nitrogen and oxygen atoms in total. The van der Waals surface area contributed by atoms with Gasteiger partial charge in [-0.1, -0.05) is 17.7 Å². The second-order valence-electron chi connectivity index (χ2n) is 4.75. The zero-order chi connectivity index (χ0) is 14.0. The van der Waals surface area contributed by atoms with Crippen LogP contribution in [0.5, 0.6) is 0 Å². The quantitative estimate of drug-likeness (QED) is 0.786. The second kappa shape index (κ2) is 5.86. The number of aliphatic hydroxyl groups is 2. The van der Waals surface area contributed by atoms with E-state index in [1.165, 1.54) is 18.2 Å². The molecule has 0 aromatic heterocycles. The predicted molar refractivity (Wildman–Crippen MR) is 68.5 cm³/mol. The number of hydrogen-bond donors (Lipinski definition) is 3. The number of rotatable bonds is 3. The van der Waals surface area contributed by atoms with Crippen LogP contribution in [0.2, 0.25) is 5.02 Å². The zero-order valence-corrected chi connectivity index (χ0v) is 10.9. The summed E-state index contributed by atoms with van der Waals surface area (Å²) < 4.78 is 13.6. The van der Waals surface area contributed by atoms with Crippen molar-refractivity contribution in [2.75, 3.05) is 6.61 Å². The maximum atomic E-state index is 13.6. The number of amides is 1. The van der Waals surface area contributed by atoms with Crippen LogP contribution in [-0.4, -0.2) is 34.9 Å². The Balaban J connectivity index is 2.06. The van der Waals surface area contributed by atoms with Crippen molar-refractivity contribution in [2.45, 2.75) is 25.0 Å². The third-order valence-corrected chi connectivity index (χ3v) is 3.73. The molecule has 1 fully saturated rings. The Morgan fingerprint density at radius 1 is 1.47 bits per heavy atom. The number of benzene rings is 1. The molecule has 3 atom stereocenters. The van der Waals surface area contributed by atoms with Gasteiger partial charge in [0.1, 0.15) is 5.82 Å². The van der Waals surface area contributed by atoms with Gasteiger partial charge in [0.05, 0.1) is 16.7 Å². The fourth-order valence-corrected chi connectivity index (χ4v) is 2.64. The first-order valence-electron chi connectivity index (χ1n) is 6.06. The van der Waals surface area contributed by atoms with Gasteiger partial charge in [-0.25, -0.2) is 4.39 Å². The van der Waals surface area contributed by atoms with E-state index >= 15 is 0 Å². The van der Waals surface area contributed by atoms with Crippen LogP contribution >= 0.6 is 11.6 Å². The Morgan fingerprint density at radius 2 is 2.21 bits per heavy atom. The Bertz CT molecular complexity index is 463. The SMILES string of the molecule is O=C(NC1CC(O)C(CO)C1)c1c(F)cccc1Cl. The lowest BCUT2D eigenvalue weighted by Crippen LogP contribution is -2.34. The fourth-order valence-electron chi connectivity index (χ4n) is 2.39. The van der Waals surface area contributed by atoms with E-state index in [0.717, 1.165) is 0 Å². The lowest BCUT2D eigenvalue weighted by molar-refractivity contribution is 0.0903. The fraction of sp³-hybridized carbons (Fsp3) is 0.462. The second-order valence-corrected chi connectivity index (χ2v) is 5.16. The van der Waals surface area contributed by atoms with E-state index in [9.17, 15) is 14.3 Å². The maximum absolute atomic E-state index is 13.6. The van der Waals surface area contributed by atoms with Crippen molar-refractivity contribution < 1.29 is 19.4 Å². The van der Waals surface area contributed by atoms with E-state index in [0.29, 0.717) is 12.8 Å². The number of carbonyl (C=O) groups excluding carboxylic acids is 1. The third-order valence-electron chi connectivity index (χ3n) is 3.42. The molecule has 0 heterocycles. The first kappa shape index (κ1) is 14.2. The smallest absolute Gasteiger partial charge is 0.255 e. The number of halogens is 2. The summed E-state index contributed by atoms with van der Waals surface area (Å²) in [5.74, 6) is -1.53. The molecule has 1 aromatic carbocycles. The molecule has 19 heavy (non-hydrogen) atoms. The summed E-state index contributed by atoms with van der Waals surface area (Å²) in [4.78, 5) is 12.0. The van der Waals surface area contributed by atoms with Crippen molar-refractivity contribution in [2.24, 2.45) is 5.92 Å². The van der Waals surface area contributed by atoms with Crippen LogP contribution in [-0.2, 0) is 0 Å². The minimum absolute atomic E-state index is 0.0507. The van der Waals surface area contributed by atoms with Gasteiger partial charge in [-0.05, 0) is 25.0 Å². The molecule has 1 aromatic rings. The molecule has 1 saturated carbocycles. The Labute approximate surface area is 115 Å². The van der Waals surface area contributed by atoms with Crippen LogP contribution < -0.4 is 5.32 Å².